The van der Waals surface area contributed by atoms with Crippen LogP contribution in [0.25, 0.3) is 33.5 Å². The van der Waals surface area contributed by atoms with E-state index in [2.05, 4.69) is 34.2 Å². The molecule has 2 aliphatic heterocycles. The zero-order valence-corrected chi connectivity index (χ0v) is 21.0. The molecule has 0 unspecified atom stereocenters. The number of nitrogens with one attached hydrogen (secondary N) is 1. The van der Waals surface area contributed by atoms with Crippen molar-refractivity contribution in [2.75, 3.05) is 19.8 Å². The van der Waals surface area contributed by atoms with Crippen molar-refractivity contribution < 1.29 is 23.7 Å². The summed E-state index contributed by atoms with van der Waals surface area (Å²) in [4.78, 5) is 24.3. The highest BCUT2D eigenvalue weighted by atomic mass is 35.5. The Morgan fingerprint density at radius 3 is 2.51 bits per heavy atom. The first-order valence-corrected chi connectivity index (χ1v) is 12.7. The molecule has 6 rings (SSSR count). The van der Waals surface area contributed by atoms with Gasteiger partial charge < -0.3 is 23.9 Å². The van der Waals surface area contributed by atoms with E-state index in [1.807, 2.05) is 30.3 Å². The number of carbonyl (C=O) groups excluding carboxylic acids is 1. The van der Waals surface area contributed by atoms with Gasteiger partial charge in [-0.3, -0.25) is 4.79 Å². The molecule has 0 radical (unpaired) electrons. The first-order chi connectivity index (χ1) is 18.1. The van der Waals surface area contributed by atoms with Crippen molar-refractivity contribution in [2.45, 2.75) is 31.7 Å². The molecule has 9 heteroatoms. The van der Waals surface area contributed by atoms with E-state index in [0.29, 0.717) is 47.7 Å². The van der Waals surface area contributed by atoms with Crippen LogP contribution in [0, 0.1) is 5.92 Å². The minimum atomic E-state index is -0.349. The quantitative estimate of drug-likeness (QED) is 0.341. The Labute approximate surface area is 218 Å². The van der Waals surface area contributed by atoms with Gasteiger partial charge in [0.05, 0.1) is 48.6 Å². The van der Waals surface area contributed by atoms with Crippen molar-refractivity contribution >= 4 is 28.7 Å². The average molecular weight is 520 g/mol. The first kappa shape index (κ1) is 23.9. The van der Waals surface area contributed by atoms with Gasteiger partial charge in [-0.05, 0) is 24.1 Å². The molecule has 2 aliphatic rings. The van der Waals surface area contributed by atoms with E-state index < -0.39 is 0 Å². The van der Waals surface area contributed by atoms with E-state index in [1.54, 1.807) is 13.0 Å². The van der Waals surface area contributed by atoms with E-state index in [4.69, 9.17) is 35.5 Å². The number of aromatic amines is 1. The lowest BCUT2D eigenvalue weighted by Crippen LogP contribution is -2.34. The molecule has 2 aromatic heterocycles. The number of hydrogen-bond acceptors (Lipinski definition) is 7. The largest absolute Gasteiger partial charge is 0.466 e. The zero-order chi connectivity index (χ0) is 25.4. The van der Waals surface area contributed by atoms with Crippen molar-refractivity contribution in [3.05, 3.63) is 65.7 Å². The summed E-state index contributed by atoms with van der Waals surface area (Å²) in [5, 5.41) is 0.514. The maximum Gasteiger partial charge on any atom is 0.306 e. The van der Waals surface area contributed by atoms with Crippen LogP contribution >= 0.6 is 11.6 Å². The number of hydrogen-bond donors (Lipinski definition) is 1. The van der Waals surface area contributed by atoms with Crippen molar-refractivity contribution in [1.82, 2.24) is 15.0 Å². The summed E-state index contributed by atoms with van der Waals surface area (Å²) in [5.41, 5.74) is 4.99. The van der Waals surface area contributed by atoms with Gasteiger partial charge in [0.25, 0.3) is 6.01 Å². The predicted octanol–water partition coefficient (Wildman–Crippen LogP) is 5.06. The lowest BCUT2D eigenvalue weighted by molar-refractivity contribution is -0.145. The number of carbonyl (C=O) groups is 1. The molecule has 0 amide bonds. The first-order valence-electron chi connectivity index (χ1n) is 12.4. The van der Waals surface area contributed by atoms with E-state index in [1.165, 1.54) is 0 Å². The number of aromatic nitrogens is 3. The van der Waals surface area contributed by atoms with Gasteiger partial charge in [0.15, 0.2) is 11.8 Å². The number of nitrogens with zero attached hydrogens (tertiary/aromatic N) is 2. The van der Waals surface area contributed by atoms with Gasteiger partial charge in [-0.15, -0.1) is 0 Å². The number of fused-ring (bicyclic) bond motifs is 2. The number of pyridine rings is 1. The summed E-state index contributed by atoms with van der Waals surface area (Å²) >= 11 is 6.60. The highest BCUT2D eigenvalue weighted by Crippen LogP contribution is 2.36. The molecular formula is C28H26ClN3O5. The molecular weight excluding hydrogens is 494 g/mol. The summed E-state index contributed by atoms with van der Waals surface area (Å²) in [5.74, 6) is -0.292. The lowest BCUT2D eigenvalue weighted by Gasteiger charge is -2.16. The predicted molar refractivity (Wildman–Crippen MR) is 138 cm³/mol. The number of H-pyrrole nitrogens is 1. The Morgan fingerprint density at radius 1 is 1.00 bits per heavy atom. The van der Waals surface area contributed by atoms with Crippen LogP contribution < -0.4 is 4.74 Å². The van der Waals surface area contributed by atoms with E-state index in [0.717, 1.165) is 16.7 Å². The number of esters is 1. The third-order valence-electron chi connectivity index (χ3n) is 6.78. The van der Waals surface area contributed by atoms with Crippen molar-refractivity contribution in [2.24, 2.45) is 5.92 Å². The smallest absolute Gasteiger partial charge is 0.306 e. The standard InChI is InChI=1S/C28H26ClN3O5/c1-2-34-23(33)12-19-14-35-26-22(15-36-25(19)26)37-28-30-21-13-20(29)24(31-27(21)32-28)18-10-8-17(9-11-18)16-6-4-3-5-7-16/h3-11,13,19,22,25-26H,2,12,14-15H2,1H3,(H,30,31,32)/t19-,22-,25-,26-/m1/s1. The Bertz CT molecular complexity index is 1410. The maximum atomic E-state index is 11.9. The highest BCUT2D eigenvalue weighted by molar-refractivity contribution is 6.33. The summed E-state index contributed by atoms with van der Waals surface area (Å²) < 4.78 is 23.0. The summed E-state index contributed by atoms with van der Waals surface area (Å²) in [6.07, 6.45) is -0.568. The van der Waals surface area contributed by atoms with Crippen LogP contribution in [0.5, 0.6) is 6.01 Å². The Balaban J connectivity index is 1.17. The number of halogens is 1. The molecule has 37 heavy (non-hydrogen) atoms. The van der Waals surface area contributed by atoms with Crippen LogP contribution in [0.2, 0.25) is 5.02 Å². The second-order valence-electron chi connectivity index (χ2n) is 9.20. The van der Waals surface area contributed by atoms with Crippen molar-refractivity contribution in [3.8, 4) is 28.4 Å². The average Bonchev–Trinajstić information content (AvgIpc) is 3.61. The van der Waals surface area contributed by atoms with Crippen LogP contribution in [0.4, 0.5) is 0 Å². The van der Waals surface area contributed by atoms with Gasteiger partial charge in [0.2, 0.25) is 0 Å². The molecule has 0 spiro atoms. The SMILES string of the molecule is CCOC(=O)C[C@@H]1CO[C@H]2[C@@H]1OC[C@H]2Oc1nc2nc(-c3ccc(-c4ccccc4)cc3)c(Cl)cc2[nH]1. The maximum absolute atomic E-state index is 11.9. The molecule has 190 valence electrons. The lowest BCUT2D eigenvalue weighted by atomic mass is 9.98. The topological polar surface area (TPSA) is 95.6 Å². The number of benzene rings is 2. The third kappa shape index (κ3) is 4.80. The minimum Gasteiger partial charge on any atom is -0.466 e. The van der Waals surface area contributed by atoms with Crippen LogP contribution in [0.15, 0.2) is 60.7 Å². The minimum absolute atomic E-state index is 0.0513. The van der Waals surface area contributed by atoms with E-state index in [-0.39, 0.29) is 36.6 Å². The van der Waals surface area contributed by atoms with Crippen LogP contribution in [-0.4, -0.2) is 59.1 Å². The second kappa shape index (κ2) is 10.1. The highest BCUT2D eigenvalue weighted by Gasteiger charge is 2.49. The Kier molecular flexibility index (Phi) is 6.54. The van der Waals surface area contributed by atoms with Gasteiger partial charge >= 0.3 is 5.97 Å². The Morgan fingerprint density at radius 2 is 1.73 bits per heavy atom. The molecule has 2 fully saturated rings. The van der Waals surface area contributed by atoms with Crippen LogP contribution in [-0.2, 0) is 19.0 Å². The molecule has 4 heterocycles. The number of rotatable bonds is 7. The van der Waals surface area contributed by atoms with Gasteiger partial charge in [-0.1, -0.05) is 66.2 Å². The van der Waals surface area contributed by atoms with Gasteiger partial charge in [-0.25, -0.2) is 4.98 Å². The zero-order valence-electron chi connectivity index (χ0n) is 20.2. The van der Waals surface area contributed by atoms with Crippen LogP contribution in [0.1, 0.15) is 13.3 Å². The monoisotopic (exact) mass is 519 g/mol. The van der Waals surface area contributed by atoms with Crippen molar-refractivity contribution in [3.63, 3.8) is 0 Å². The molecule has 4 atom stereocenters. The summed E-state index contributed by atoms with van der Waals surface area (Å²) in [6, 6.07) is 20.4. The third-order valence-corrected chi connectivity index (χ3v) is 7.07. The van der Waals surface area contributed by atoms with Crippen molar-refractivity contribution in [1.29, 1.82) is 0 Å². The molecule has 4 aromatic rings. The fraction of sp³-hybridized carbons (Fsp3) is 0.321. The number of ether oxygens (including phenoxy) is 4. The Hall–Kier alpha value is -3.46. The molecule has 0 saturated carbocycles. The summed E-state index contributed by atoms with van der Waals surface area (Å²) in [6.45, 7) is 2.93. The molecule has 8 nitrogen and oxygen atoms in total. The fourth-order valence-corrected chi connectivity index (χ4v) is 5.26. The van der Waals surface area contributed by atoms with Gasteiger partial charge in [-0.2, -0.15) is 4.98 Å². The summed E-state index contributed by atoms with van der Waals surface area (Å²) in [7, 11) is 0. The molecule has 2 aromatic carbocycles. The van der Waals surface area contributed by atoms with E-state index >= 15 is 0 Å². The molecule has 0 bridgehead atoms. The second-order valence-corrected chi connectivity index (χ2v) is 9.60. The molecule has 0 aliphatic carbocycles. The fourth-order valence-electron chi connectivity index (χ4n) is 5.00. The van der Waals surface area contributed by atoms with Crippen LogP contribution in [0.3, 0.4) is 0 Å². The van der Waals surface area contributed by atoms with Gasteiger partial charge in [0.1, 0.15) is 6.10 Å². The molecule has 2 saturated heterocycles. The normalized spacial score (nSPS) is 22.8. The van der Waals surface area contributed by atoms with E-state index in [9.17, 15) is 4.79 Å². The number of imidazole rings is 1. The van der Waals surface area contributed by atoms with Gasteiger partial charge in [0, 0.05) is 11.5 Å². The molecule has 1 N–H and O–H groups in total.